The first-order valence-electron chi connectivity index (χ1n) is 11.1. The molecule has 0 atom stereocenters. The van der Waals surface area contributed by atoms with Crippen molar-refractivity contribution in [2.45, 2.75) is 46.3 Å². The third-order valence-corrected chi connectivity index (χ3v) is 4.29. The van der Waals surface area contributed by atoms with E-state index in [2.05, 4.69) is 16.0 Å². The summed E-state index contributed by atoms with van der Waals surface area (Å²) in [5, 5.41) is 8.13. The Morgan fingerprint density at radius 3 is 2.15 bits per heavy atom. The average molecular weight is 472 g/mol. The van der Waals surface area contributed by atoms with Gasteiger partial charge in [-0.3, -0.25) is 9.59 Å². The third-order valence-electron chi connectivity index (χ3n) is 4.29. The van der Waals surface area contributed by atoms with Crippen LogP contribution in [0.25, 0.3) is 0 Å². The predicted octanol–water partition coefficient (Wildman–Crippen LogP) is 3.63. The average Bonchev–Trinajstić information content (AvgIpc) is 2.77. The fourth-order valence-electron chi connectivity index (χ4n) is 2.79. The van der Waals surface area contributed by atoms with Gasteiger partial charge in [-0.25, -0.2) is 4.79 Å². The zero-order valence-electron chi connectivity index (χ0n) is 20.1. The number of carbonyl (C=O) groups is 3. The van der Waals surface area contributed by atoms with E-state index in [-0.39, 0.29) is 37.9 Å². The second-order valence-corrected chi connectivity index (χ2v) is 8.35. The van der Waals surface area contributed by atoms with E-state index in [1.54, 1.807) is 57.2 Å². The summed E-state index contributed by atoms with van der Waals surface area (Å²) < 4.78 is 16.0. The number of nitrogens with one attached hydrogen (secondary N) is 3. The van der Waals surface area contributed by atoms with Crippen LogP contribution in [0, 0.1) is 0 Å². The van der Waals surface area contributed by atoms with Gasteiger partial charge in [-0.2, -0.15) is 0 Å². The van der Waals surface area contributed by atoms with E-state index in [0.717, 1.165) is 11.3 Å². The van der Waals surface area contributed by atoms with E-state index in [0.29, 0.717) is 18.0 Å². The lowest BCUT2D eigenvalue weighted by atomic mass is 10.1. The van der Waals surface area contributed by atoms with Crippen LogP contribution >= 0.6 is 0 Å². The lowest BCUT2D eigenvalue weighted by molar-refractivity contribution is -0.123. The lowest BCUT2D eigenvalue weighted by Gasteiger charge is -2.19. The van der Waals surface area contributed by atoms with Gasteiger partial charge < -0.3 is 30.2 Å². The van der Waals surface area contributed by atoms with Crippen LogP contribution in [0.4, 0.5) is 10.5 Å². The summed E-state index contributed by atoms with van der Waals surface area (Å²) in [5.74, 6) is 0.732. The van der Waals surface area contributed by atoms with E-state index < -0.39 is 11.7 Å². The molecule has 3 amide bonds. The largest absolute Gasteiger partial charge is 0.494 e. The molecule has 2 rings (SSSR count). The first-order chi connectivity index (χ1) is 16.2. The quantitative estimate of drug-likeness (QED) is 0.461. The van der Waals surface area contributed by atoms with E-state index >= 15 is 0 Å². The highest BCUT2D eigenvalue weighted by molar-refractivity contribution is 5.92. The van der Waals surface area contributed by atoms with Crippen molar-refractivity contribution < 1.29 is 28.6 Å². The predicted molar refractivity (Wildman–Crippen MR) is 129 cm³/mol. The smallest absolute Gasteiger partial charge is 0.407 e. The molecule has 9 heteroatoms. The Bertz CT molecular complexity index is 954. The highest BCUT2D eigenvalue weighted by atomic mass is 16.6. The molecule has 2 aromatic rings. The molecule has 2 aromatic carbocycles. The van der Waals surface area contributed by atoms with Crippen molar-refractivity contribution in [1.82, 2.24) is 10.6 Å². The zero-order chi connectivity index (χ0) is 25.0. The highest BCUT2D eigenvalue weighted by Crippen LogP contribution is 2.18. The maximum atomic E-state index is 12.3. The number of benzene rings is 2. The van der Waals surface area contributed by atoms with Gasteiger partial charge in [0.15, 0.2) is 6.61 Å². The molecule has 0 aliphatic carbocycles. The van der Waals surface area contributed by atoms with Crippen LogP contribution in [0.1, 0.15) is 39.7 Å². The number of anilines is 1. The first kappa shape index (κ1) is 26.5. The molecule has 0 heterocycles. The van der Waals surface area contributed by atoms with Crippen LogP contribution in [0.5, 0.6) is 11.5 Å². The van der Waals surface area contributed by atoms with Gasteiger partial charge in [0.2, 0.25) is 5.91 Å². The topological polar surface area (TPSA) is 115 Å². The first-order valence-corrected chi connectivity index (χ1v) is 11.1. The van der Waals surface area contributed by atoms with E-state index in [4.69, 9.17) is 14.2 Å². The summed E-state index contributed by atoms with van der Waals surface area (Å²) in [7, 11) is 0. The lowest BCUT2D eigenvalue weighted by Crippen LogP contribution is -2.34. The Kier molecular flexibility index (Phi) is 10.2. The number of para-hydroxylation sites is 1. The minimum absolute atomic E-state index is 0.0792. The Morgan fingerprint density at radius 1 is 0.853 bits per heavy atom. The molecule has 0 radical (unpaired) electrons. The molecule has 0 saturated heterocycles. The molecule has 0 aliphatic heterocycles. The van der Waals surface area contributed by atoms with Gasteiger partial charge in [0, 0.05) is 25.2 Å². The summed E-state index contributed by atoms with van der Waals surface area (Å²) in [5.41, 5.74) is 0.720. The molecule has 0 fully saturated rings. The van der Waals surface area contributed by atoms with Crippen molar-refractivity contribution in [1.29, 1.82) is 0 Å². The normalized spacial score (nSPS) is 10.7. The van der Waals surface area contributed by atoms with Crippen LogP contribution in [0.2, 0.25) is 0 Å². The van der Waals surface area contributed by atoms with Crippen molar-refractivity contribution in [3.8, 4) is 11.5 Å². The SMILES string of the molecule is CCOc1ccc(OCC(=O)NCc2ccccc2NC(=O)CCNC(=O)OC(C)(C)C)cc1. The van der Waals surface area contributed by atoms with E-state index in [9.17, 15) is 14.4 Å². The van der Waals surface area contributed by atoms with Gasteiger partial charge >= 0.3 is 6.09 Å². The van der Waals surface area contributed by atoms with E-state index in [1.807, 2.05) is 19.1 Å². The van der Waals surface area contributed by atoms with Crippen molar-refractivity contribution in [3.05, 3.63) is 54.1 Å². The molecule has 0 aromatic heterocycles. The number of carbonyl (C=O) groups excluding carboxylic acids is 3. The zero-order valence-corrected chi connectivity index (χ0v) is 20.1. The van der Waals surface area contributed by atoms with Gasteiger partial charge in [-0.15, -0.1) is 0 Å². The molecular weight excluding hydrogens is 438 g/mol. The van der Waals surface area contributed by atoms with Crippen molar-refractivity contribution >= 4 is 23.6 Å². The monoisotopic (exact) mass is 471 g/mol. The minimum atomic E-state index is -0.602. The number of alkyl carbamates (subject to hydrolysis) is 1. The molecule has 0 saturated carbocycles. The van der Waals surface area contributed by atoms with Gasteiger partial charge in [0.25, 0.3) is 5.91 Å². The summed E-state index contributed by atoms with van der Waals surface area (Å²) >= 11 is 0. The number of amides is 3. The van der Waals surface area contributed by atoms with Crippen molar-refractivity contribution in [3.63, 3.8) is 0 Å². The Morgan fingerprint density at radius 2 is 1.50 bits per heavy atom. The second kappa shape index (κ2) is 13.1. The maximum absolute atomic E-state index is 12.3. The van der Waals surface area contributed by atoms with Crippen molar-refractivity contribution in [2.24, 2.45) is 0 Å². The fraction of sp³-hybridized carbons (Fsp3) is 0.400. The van der Waals surface area contributed by atoms with Gasteiger partial charge in [-0.1, -0.05) is 18.2 Å². The molecular formula is C25H33N3O6. The molecule has 184 valence electrons. The number of rotatable bonds is 11. The van der Waals surface area contributed by atoms with Gasteiger partial charge in [0.1, 0.15) is 17.1 Å². The summed E-state index contributed by atoms with van der Waals surface area (Å²) in [6.45, 7) is 8.00. The van der Waals surface area contributed by atoms with Crippen LogP contribution in [-0.4, -0.2) is 43.3 Å². The van der Waals surface area contributed by atoms with Crippen molar-refractivity contribution in [2.75, 3.05) is 25.1 Å². The molecule has 9 nitrogen and oxygen atoms in total. The third kappa shape index (κ3) is 10.2. The van der Waals surface area contributed by atoms with Gasteiger partial charge in [-0.05, 0) is 63.6 Å². The second-order valence-electron chi connectivity index (χ2n) is 8.35. The van der Waals surface area contributed by atoms with Crippen LogP contribution in [0.3, 0.4) is 0 Å². The number of ether oxygens (including phenoxy) is 3. The highest BCUT2D eigenvalue weighted by Gasteiger charge is 2.16. The maximum Gasteiger partial charge on any atom is 0.407 e. The van der Waals surface area contributed by atoms with Crippen LogP contribution in [-0.2, 0) is 20.9 Å². The van der Waals surface area contributed by atoms with E-state index in [1.165, 1.54) is 0 Å². The molecule has 0 bridgehead atoms. The molecule has 34 heavy (non-hydrogen) atoms. The summed E-state index contributed by atoms with van der Waals surface area (Å²) in [6.07, 6.45) is -0.494. The number of hydrogen-bond donors (Lipinski definition) is 3. The molecule has 0 spiro atoms. The van der Waals surface area contributed by atoms with Crippen LogP contribution < -0.4 is 25.4 Å². The minimum Gasteiger partial charge on any atom is -0.494 e. The molecule has 0 unspecified atom stereocenters. The number of hydrogen-bond acceptors (Lipinski definition) is 6. The fourth-order valence-corrected chi connectivity index (χ4v) is 2.79. The van der Waals surface area contributed by atoms with Crippen LogP contribution in [0.15, 0.2) is 48.5 Å². The summed E-state index contributed by atoms with van der Waals surface area (Å²) in [4.78, 5) is 36.1. The standard InChI is InChI=1S/C25H33N3O6/c1-5-32-19-10-12-20(13-11-19)33-17-23(30)27-16-18-8-6-7-9-21(18)28-22(29)14-15-26-24(31)34-25(2,3)4/h6-13H,5,14-17H2,1-4H3,(H,26,31)(H,27,30)(H,28,29). The Hall–Kier alpha value is -3.75. The summed E-state index contributed by atoms with van der Waals surface area (Å²) in [6, 6.07) is 14.2. The van der Waals surface area contributed by atoms with Gasteiger partial charge in [0.05, 0.1) is 6.61 Å². The Labute approximate surface area is 200 Å². The molecule has 3 N–H and O–H groups in total. The Balaban J connectivity index is 1.77. The molecule has 0 aliphatic rings.